The molecule has 1 fully saturated rings. The summed E-state index contributed by atoms with van der Waals surface area (Å²) in [5.41, 5.74) is 0.303. The Kier molecular flexibility index (Phi) is 6.16. The molecule has 0 bridgehead atoms. The molecule has 0 spiro atoms. The summed E-state index contributed by atoms with van der Waals surface area (Å²) in [5, 5.41) is 8.61. The van der Waals surface area contributed by atoms with E-state index in [1.165, 1.54) is 32.1 Å². The van der Waals surface area contributed by atoms with Crippen molar-refractivity contribution < 1.29 is 14.6 Å². The number of carbonyl (C=O) groups is 1. The lowest BCUT2D eigenvalue weighted by atomic mass is 9.98. The Morgan fingerprint density at radius 1 is 1.25 bits per heavy atom. The zero-order chi connectivity index (χ0) is 11.8. The van der Waals surface area contributed by atoms with Crippen LogP contribution in [0.25, 0.3) is 0 Å². The molecule has 1 aliphatic carbocycles. The zero-order valence-electron chi connectivity index (χ0n) is 9.91. The van der Waals surface area contributed by atoms with Gasteiger partial charge in [0.1, 0.15) is 0 Å². The maximum absolute atomic E-state index is 10.5. The second kappa shape index (κ2) is 7.44. The molecule has 0 atom stereocenters. The van der Waals surface area contributed by atoms with Crippen LogP contribution in [0.15, 0.2) is 12.2 Å². The molecule has 0 heterocycles. The van der Waals surface area contributed by atoms with E-state index in [0.29, 0.717) is 18.1 Å². The fraction of sp³-hybridized carbons (Fsp3) is 0.769. The Balaban J connectivity index is 1.95. The third-order valence-corrected chi connectivity index (χ3v) is 3.08. The van der Waals surface area contributed by atoms with Gasteiger partial charge in [0, 0.05) is 12.2 Å². The van der Waals surface area contributed by atoms with Crippen LogP contribution < -0.4 is 0 Å². The Morgan fingerprint density at radius 2 is 1.94 bits per heavy atom. The Bertz CT molecular complexity index is 229. The van der Waals surface area contributed by atoms with E-state index in [1.807, 2.05) is 0 Å². The molecule has 16 heavy (non-hydrogen) atoms. The SMILES string of the molecule is C=C(CCCCOC1CCCCC1)C(=O)O. The van der Waals surface area contributed by atoms with Crippen molar-refractivity contribution in [3.8, 4) is 0 Å². The fourth-order valence-electron chi connectivity index (χ4n) is 2.03. The molecule has 1 rings (SSSR count). The monoisotopic (exact) mass is 226 g/mol. The highest BCUT2D eigenvalue weighted by molar-refractivity contribution is 5.85. The quantitative estimate of drug-likeness (QED) is 0.536. The zero-order valence-corrected chi connectivity index (χ0v) is 9.91. The largest absolute Gasteiger partial charge is 0.478 e. The third kappa shape index (κ3) is 5.31. The minimum absolute atomic E-state index is 0.303. The average molecular weight is 226 g/mol. The Labute approximate surface area is 97.5 Å². The molecule has 0 saturated heterocycles. The first-order valence-corrected chi connectivity index (χ1v) is 6.23. The molecular formula is C13H22O3. The van der Waals surface area contributed by atoms with Gasteiger partial charge in [0.2, 0.25) is 0 Å². The molecule has 1 aliphatic rings. The van der Waals surface area contributed by atoms with Crippen LogP contribution in [0.4, 0.5) is 0 Å². The van der Waals surface area contributed by atoms with Gasteiger partial charge in [-0.05, 0) is 32.1 Å². The molecule has 3 heteroatoms. The highest BCUT2D eigenvalue weighted by atomic mass is 16.5. The fourth-order valence-corrected chi connectivity index (χ4v) is 2.03. The van der Waals surface area contributed by atoms with Gasteiger partial charge in [-0.15, -0.1) is 0 Å². The van der Waals surface area contributed by atoms with Crippen molar-refractivity contribution in [1.82, 2.24) is 0 Å². The Hall–Kier alpha value is -0.830. The summed E-state index contributed by atoms with van der Waals surface area (Å²) >= 11 is 0. The molecule has 0 aromatic carbocycles. The Morgan fingerprint density at radius 3 is 2.56 bits per heavy atom. The molecule has 3 nitrogen and oxygen atoms in total. The van der Waals surface area contributed by atoms with Gasteiger partial charge >= 0.3 is 5.97 Å². The summed E-state index contributed by atoms with van der Waals surface area (Å²) < 4.78 is 5.75. The van der Waals surface area contributed by atoms with E-state index in [-0.39, 0.29) is 0 Å². The minimum atomic E-state index is -0.881. The van der Waals surface area contributed by atoms with Crippen molar-refractivity contribution in [3.05, 3.63) is 12.2 Å². The van der Waals surface area contributed by atoms with E-state index in [2.05, 4.69) is 6.58 Å². The molecule has 0 unspecified atom stereocenters. The van der Waals surface area contributed by atoms with Gasteiger partial charge in [-0.2, -0.15) is 0 Å². The van der Waals surface area contributed by atoms with Crippen LogP contribution in [0.3, 0.4) is 0 Å². The second-order valence-corrected chi connectivity index (χ2v) is 4.50. The van der Waals surface area contributed by atoms with Gasteiger partial charge in [0.25, 0.3) is 0 Å². The minimum Gasteiger partial charge on any atom is -0.478 e. The van der Waals surface area contributed by atoms with Gasteiger partial charge < -0.3 is 9.84 Å². The van der Waals surface area contributed by atoms with Gasteiger partial charge in [-0.25, -0.2) is 4.79 Å². The summed E-state index contributed by atoms with van der Waals surface area (Å²) in [6.45, 7) is 4.26. The van der Waals surface area contributed by atoms with Crippen molar-refractivity contribution in [2.24, 2.45) is 0 Å². The molecular weight excluding hydrogens is 204 g/mol. The summed E-state index contributed by atoms with van der Waals surface area (Å²) in [4.78, 5) is 10.5. The number of unbranched alkanes of at least 4 members (excludes halogenated alkanes) is 1. The van der Waals surface area contributed by atoms with E-state index in [0.717, 1.165) is 19.4 Å². The van der Waals surface area contributed by atoms with E-state index in [1.54, 1.807) is 0 Å². The number of ether oxygens (including phenoxy) is 1. The van der Waals surface area contributed by atoms with Crippen LogP contribution in [0.5, 0.6) is 0 Å². The number of aliphatic carboxylic acids is 1. The predicted molar refractivity (Wildman–Crippen MR) is 63.5 cm³/mol. The second-order valence-electron chi connectivity index (χ2n) is 4.50. The molecule has 92 valence electrons. The van der Waals surface area contributed by atoms with E-state index >= 15 is 0 Å². The third-order valence-electron chi connectivity index (χ3n) is 3.08. The molecule has 1 N–H and O–H groups in total. The van der Waals surface area contributed by atoms with E-state index in [4.69, 9.17) is 9.84 Å². The van der Waals surface area contributed by atoms with Gasteiger partial charge in [-0.3, -0.25) is 0 Å². The molecule has 1 saturated carbocycles. The normalized spacial score (nSPS) is 17.2. The number of hydrogen-bond acceptors (Lipinski definition) is 2. The number of carboxylic acids is 1. The summed E-state index contributed by atoms with van der Waals surface area (Å²) in [6.07, 6.45) is 9.14. The van der Waals surface area contributed by atoms with Crippen molar-refractivity contribution in [3.63, 3.8) is 0 Å². The summed E-state index contributed by atoms with van der Waals surface area (Å²) in [6, 6.07) is 0. The lowest BCUT2D eigenvalue weighted by Crippen LogP contribution is -2.17. The first-order chi connectivity index (χ1) is 7.70. The van der Waals surface area contributed by atoms with Crippen molar-refractivity contribution >= 4 is 5.97 Å². The number of carboxylic acid groups (broad SMARTS) is 1. The summed E-state index contributed by atoms with van der Waals surface area (Å²) in [5.74, 6) is -0.881. The van der Waals surface area contributed by atoms with Gasteiger partial charge in [-0.1, -0.05) is 25.8 Å². The summed E-state index contributed by atoms with van der Waals surface area (Å²) in [7, 11) is 0. The van der Waals surface area contributed by atoms with Crippen LogP contribution in [0.1, 0.15) is 51.4 Å². The number of hydrogen-bond donors (Lipinski definition) is 1. The average Bonchev–Trinajstić information content (AvgIpc) is 2.29. The van der Waals surface area contributed by atoms with Crippen molar-refractivity contribution in [2.75, 3.05) is 6.61 Å². The topological polar surface area (TPSA) is 46.5 Å². The molecule has 0 amide bonds. The van der Waals surface area contributed by atoms with Crippen LogP contribution >= 0.6 is 0 Å². The van der Waals surface area contributed by atoms with Crippen LogP contribution in [-0.2, 0) is 9.53 Å². The lowest BCUT2D eigenvalue weighted by Gasteiger charge is -2.21. The van der Waals surface area contributed by atoms with Crippen LogP contribution in [0.2, 0.25) is 0 Å². The first-order valence-electron chi connectivity index (χ1n) is 6.23. The highest BCUT2D eigenvalue weighted by Gasteiger charge is 2.13. The van der Waals surface area contributed by atoms with Gasteiger partial charge in [0.15, 0.2) is 0 Å². The maximum atomic E-state index is 10.5. The van der Waals surface area contributed by atoms with Crippen molar-refractivity contribution in [2.45, 2.75) is 57.5 Å². The first kappa shape index (κ1) is 13.2. The maximum Gasteiger partial charge on any atom is 0.330 e. The number of rotatable bonds is 7. The van der Waals surface area contributed by atoms with E-state index < -0.39 is 5.97 Å². The van der Waals surface area contributed by atoms with Gasteiger partial charge in [0.05, 0.1) is 6.10 Å². The standard InChI is InChI=1S/C13H22O3/c1-11(13(14)15)7-5-6-10-16-12-8-3-2-4-9-12/h12H,1-10H2,(H,14,15). The molecule has 0 aromatic heterocycles. The molecule has 0 aromatic rings. The van der Waals surface area contributed by atoms with Crippen molar-refractivity contribution in [1.29, 1.82) is 0 Å². The molecule has 0 radical (unpaired) electrons. The highest BCUT2D eigenvalue weighted by Crippen LogP contribution is 2.20. The van der Waals surface area contributed by atoms with E-state index in [9.17, 15) is 4.79 Å². The van der Waals surface area contributed by atoms with Crippen LogP contribution in [0, 0.1) is 0 Å². The molecule has 0 aliphatic heterocycles. The predicted octanol–water partition coefficient (Wildman–Crippen LogP) is 3.15. The smallest absolute Gasteiger partial charge is 0.330 e. The lowest BCUT2D eigenvalue weighted by molar-refractivity contribution is -0.132. The van der Waals surface area contributed by atoms with Crippen LogP contribution in [-0.4, -0.2) is 23.8 Å².